The predicted octanol–water partition coefficient (Wildman–Crippen LogP) is 3.39. The van der Waals surface area contributed by atoms with Gasteiger partial charge in [0.1, 0.15) is 5.75 Å². The maximum atomic E-state index is 12.4. The molecule has 0 bridgehead atoms. The van der Waals surface area contributed by atoms with Crippen LogP contribution in [0, 0.1) is 0 Å². The normalized spacial score (nSPS) is 10.7. The van der Waals surface area contributed by atoms with Gasteiger partial charge in [-0.15, -0.1) is 11.3 Å². The molecule has 23 heavy (non-hydrogen) atoms. The van der Waals surface area contributed by atoms with Crippen LogP contribution in [-0.4, -0.2) is 21.8 Å². The van der Waals surface area contributed by atoms with Crippen LogP contribution in [0.4, 0.5) is 5.69 Å². The zero-order valence-electron chi connectivity index (χ0n) is 12.4. The van der Waals surface area contributed by atoms with E-state index in [4.69, 9.17) is 0 Å². The first kappa shape index (κ1) is 15.2. The lowest BCUT2D eigenvalue weighted by atomic mass is 10.1. The number of aromatic nitrogens is 1. The Hall–Kier alpha value is -2.73. The molecule has 0 atom stereocenters. The van der Waals surface area contributed by atoms with Crippen LogP contribution in [0.1, 0.15) is 22.3 Å². The predicted molar refractivity (Wildman–Crippen MR) is 90.1 cm³/mol. The van der Waals surface area contributed by atoms with Crippen LogP contribution in [0.5, 0.6) is 5.75 Å². The van der Waals surface area contributed by atoms with E-state index >= 15 is 0 Å². The van der Waals surface area contributed by atoms with E-state index in [0.29, 0.717) is 16.2 Å². The molecule has 0 unspecified atom stereocenters. The summed E-state index contributed by atoms with van der Waals surface area (Å²) in [6.07, 6.45) is 0.208. The van der Waals surface area contributed by atoms with Crippen LogP contribution < -0.4 is 5.32 Å². The number of aromatic hydroxyl groups is 1. The maximum Gasteiger partial charge on any atom is 0.221 e. The molecular weight excluding hydrogens is 312 g/mol. The number of nitrogens with zero attached hydrogens (tertiary/aromatic N) is 1. The zero-order chi connectivity index (χ0) is 16.4. The van der Waals surface area contributed by atoms with Crippen molar-refractivity contribution in [2.75, 3.05) is 5.32 Å². The topological polar surface area (TPSA) is 79.3 Å². The number of hydrogen-bond acceptors (Lipinski definition) is 5. The summed E-state index contributed by atoms with van der Waals surface area (Å²) in [5.74, 6) is -0.0896. The molecule has 0 radical (unpaired) electrons. The summed E-state index contributed by atoms with van der Waals surface area (Å²) >= 11 is 1.26. The summed E-state index contributed by atoms with van der Waals surface area (Å²) in [5, 5.41) is 12.6. The van der Waals surface area contributed by atoms with E-state index in [9.17, 15) is 14.7 Å². The highest BCUT2D eigenvalue weighted by Crippen LogP contribution is 2.26. The number of anilines is 1. The highest BCUT2D eigenvalue weighted by Gasteiger charge is 2.13. The maximum absolute atomic E-state index is 12.4. The Kier molecular flexibility index (Phi) is 4.08. The lowest BCUT2D eigenvalue weighted by molar-refractivity contribution is -0.114. The highest BCUT2D eigenvalue weighted by molar-refractivity contribution is 7.20. The summed E-state index contributed by atoms with van der Waals surface area (Å²) in [6.45, 7) is 1.44. The highest BCUT2D eigenvalue weighted by atomic mass is 32.1. The number of carbonyl (C=O) groups excluding carboxylic acids is 2. The van der Waals surface area contributed by atoms with Gasteiger partial charge in [0, 0.05) is 19.0 Å². The van der Waals surface area contributed by atoms with Crippen molar-refractivity contribution in [2.45, 2.75) is 13.3 Å². The Morgan fingerprint density at radius 3 is 2.83 bits per heavy atom. The second-order valence-corrected chi connectivity index (χ2v) is 6.18. The summed E-state index contributed by atoms with van der Waals surface area (Å²) in [5.41, 5.74) is 2.17. The average Bonchev–Trinajstić information content (AvgIpc) is 2.90. The van der Waals surface area contributed by atoms with E-state index in [0.717, 1.165) is 10.3 Å². The Balaban J connectivity index is 1.81. The standard InChI is InChI=1S/C17H14N2O3S/c1-10(20)18-12-4-2-3-11(7-12)8-15(22)17-19-14-6-5-13(21)9-16(14)23-17/h2-7,9,21H,8H2,1H3,(H,18,20). The van der Waals surface area contributed by atoms with E-state index in [-0.39, 0.29) is 23.9 Å². The summed E-state index contributed by atoms with van der Waals surface area (Å²) in [4.78, 5) is 27.8. The van der Waals surface area contributed by atoms with Gasteiger partial charge in [0.05, 0.1) is 10.2 Å². The van der Waals surface area contributed by atoms with Gasteiger partial charge in [-0.1, -0.05) is 12.1 Å². The molecule has 6 heteroatoms. The molecule has 2 N–H and O–H groups in total. The first-order valence-corrected chi connectivity index (χ1v) is 7.82. The summed E-state index contributed by atoms with van der Waals surface area (Å²) < 4.78 is 0.778. The molecule has 0 aliphatic rings. The van der Waals surface area contributed by atoms with Crippen molar-refractivity contribution in [1.82, 2.24) is 4.98 Å². The van der Waals surface area contributed by atoms with Gasteiger partial charge in [0.2, 0.25) is 5.91 Å². The molecule has 0 aliphatic carbocycles. The van der Waals surface area contributed by atoms with Crippen LogP contribution in [0.25, 0.3) is 10.2 Å². The quantitative estimate of drug-likeness (QED) is 0.720. The molecule has 1 heterocycles. The van der Waals surface area contributed by atoms with Crippen molar-refractivity contribution in [2.24, 2.45) is 0 Å². The van der Waals surface area contributed by atoms with Crippen LogP contribution in [0.15, 0.2) is 42.5 Å². The smallest absolute Gasteiger partial charge is 0.221 e. The van der Waals surface area contributed by atoms with Gasteiger partial charge >= 0.3 is 0 Å². The number of rotatable bonds is 4. The molecule has 0 saturated heterocycles. The van der Waals surface area contributed by atoms with Crippen LogP contribution in [-0.2, 0) is 11.2 Å². The molecule has 2 aromatic carbocycles. The molecule has 1 aromatic heterocycles. The van der Waals surface area contributed by atoms with Gasteiger partial charge < -0.3 is 10.4 Å². The van der Waals surface area contributed by atoms with Gasteiger partial charge in [-0.05, 0) is 35.9 Å². The second kappa shape index (κ2) is 6.18. The number of Topliss-reactive ketones (excluding diaryl/α,β-unsaturated/α-hetero) is 1. The number of ketones is 1. The number of phenols is 1. The fraction of sp³-hybridized carbons (Fsp3) is 0.118. The molecule has 5 nitrogen and oxygen atoms in total. The third kappa shape index (κ3) is 3.54. The van der Waals surface area contributed by atoms with Crippen LogP contribution >= 0.6 is 11.3 Å². The van der Waals surface area contributed by atoms with Crippen LogP contribution in [0.3, 0.4) is 0 Å². The molecule has 0 saturated carbocycles. The number of hydrogen-bond donors (Lipinski definition) is 2. The Morgan fingerprint density at radius 1 is 1.22 bits per heavy atom. The van der Waals surface area contributed by atoms with Gasteiger partial charge in [0.25, 0.3) is 0 Å². The van der Waals surface area contributed by atoms with Gasteiger partial charge in [0.15, 0.2) is 10.8 Å². The Bertz CT molecular complexity index is 902. The number of carbonyl (C=O) groups is 2. The monoisotopic (exact) mass is 326 g/mol. The molecule has 3 rings (SSSR count). The van der Waals surface area contributed by atoms with Crippen molar-refractivity contribution in [3.8, 4) is 5.75 Å². The van der Waals surface area contributed by atoms with Crippen molar-refractivity contribution in [1.29, 1.82) is 0 Å². The molecular formula is C17H14N2O3S. The Labute approximate surface area is 136 Å². The largest absolute Gasteiger partial charge is 0.508 e. The number of amides is 1. The van der Waals surface area contributed by atoms with Crippen molar-refractivity contribution in [3.63, 3.8) is 0 Å². The summed E-state index contributed by atoms with van der Waals surface area (Å²) in [7, 11) is 0. The van der Waals surface area contributed by atoms with Gasteiger partial charge in [-0.25, -0.2) is 4.98 Å². The summed E-state index contributed by atoms with van der Waals surface area (Å²) in [6, 6.07) is 12.0. The zero-order valence-corrected chi connectivity index (χ0v) is 13.2. The second-order valence-electron chi connectivity index (χ2n) is 5.15. The molecule has 1 amide bonds. The molecule has 0 aliphatic heterocycles. The first-order valence-electron chi connectivity index (χ1n) is 7.00. The molecule has 116 valence electrons. The van der Waals surface area contributed by atoms with Crippen LogP contribution in [0.2, 0.25) is 0 Å². The number of fused-ring (bicyclic) bond motifs is 1. The van der Waals surface area contributed by atoms with E-state index in [1.807, 2.05) is 6.07 Å². The number of thiazole rings is 1. The van der Waals surface area contributed by atoms with E-state index in [1.165, 1.54) is 18.3 Å². The van der Waals surface area contributed by atoms with Gasteiger partial charge in [-0.3, -0.25) is 9.59 Å². The van der Waals surface area contributed by atoms with E-state index in [1.54, 1.807) is 36.4 Å². The first-order chi connectivity index (χ1) is 11.0. The third-order valence-electron chi connectivity index (χ3n) is 3.22. The SMILES string of the molecule is CC(=O)Nc1cccc(CC(=O)c2nc3ccc(O)cc3s2)c1. The molecule has 0 spiro atoms. The van der Waals surface area contributed by atoms with Crippen molar-refractivity contribution >= 4 is 38.9 Å². The minimum absolute atomic E-state index is 0.0920. The third-order valence-corrected chi connectivity index (χ3v) is 4.28. The average molecular weight is 326 g/mol. The molecule has 3 aromatic rings. The minimum Gasteiger partial charge on any atom is -0.508 e. The fourth-order valence-corrected chi connectivity index (χ4v) is 3.19. The van der Waals surface area contributed by atoms with Crippen molar-refractivity contribution < 1.29 is 14.7 Å². The fourth-order valence-electron chi connectivity index (χ4n) is 2.26. The lowest BCUT2D eigenvalue weighted by Gasteiger charge is -2.04. The van der Waals surface area contributed by atoms with E-state index < -0.39 is 0 Å². The number of nitrogens with one attached hydrogen (secondary N) is 1. The van der Waals surface area contributed by atoms with E-state index in [2.05, 4.69) is 10.3 Å². The van der Waals surface area contributed by atoms with Crippen molar-refractivity contribution in [3.05, 3.63) is 53.0 Å². The van der Waals surface area contributed by atoms with Gasteiger partial charge in [-0.2, -0.15) is 0 Å². The lowest BCUT2D eigenvalue weighted by Crippen LogP contribution is -2.07. The number of benzene rings is 2. The number of phenolic OH excluding ortho intramolecular Hbond substituents is 1. The molecule has 0 fully saturated rings. The Morgan fingerprint density at radius 2 is 2.04 bits per heavy atom. The minimum atomic E-state index is -0.153.